The first-order chi connectivity index (χ1) is 15.4. The molecule has 1 aliphatic heterocycles. The second-order valence-corrected chi connectivity index (χ2v) is 7.82. The average molecular weight is 461 g/mol. The highest BCUT2D eigenvalue weighted by Crippen LogP contribution is 2.38. The fourth-order valence-electron chi connectivity index (χ4n) is 3.72. The molecule has 0 radical (unpaired) electrons. The third-order valence-corrected chi connectivity index (χ3v) is 5.78. The van der Waals surface area contributed by atoms with Crippen molar-refractivity contribution in [3.05, 3.63) is 44.5 Å². The minimum atomic E-state index is -0.532. The van der Waals surface area contributed by atoms with E-state index in [1.54, 1.807) is 26.2 Å². The predicted octanol–water partition coefficient (Wildman–Crippen LogP) is 3.52. The van der Waals surface area contributed by atoms with Crippen LogP contribution >= 0.6 is 12.2 Å². The van der Waals surface area contributed by atoms with Crippen molar-refractivity contribution in [3.8, 4) is 17.4 Å². The van der Waals surface area contributed by atoms with E-state index in [2.05, 4.69) is 10.1 Å². The van der Waals surface area contributed by atoms with Crippen LogP contribution in [-0.4, -0.2) is 45.5 Å². The number of aromatic hydroxyl groups is 1. The van der Waals surface area contributed by atoms with Gasteiger partial charge in [-0.25, -0.2) is 5.01 Å². The molecular weight excluding hydrogens is 432 g/mol. The van der Waals surface area contributed by atoms with Gasteiger partial charge in [-0.1, -0.05) is 26.3 Å². The number of aromatic amines is 1. The van der Waals surface area contributed by atoms with Gasteiger partial charge in [0.15, 0.2) is 16.3 Å². The number of nitrogens with one attached hydrogen (secondary N) is 1. The van der Waals surface area contributed by atoms with Crippen LogP contribution in [0.2, 0.25) is 0 Å². The number of rotatable bonds is 8. The van der Waals surface area contributed by atoms with Gasteiger partial charge in [-0.15, -0.1) is 0 Å². The molecule has 9 nitrogen and oxygen atoms in total. The third-order valence-electron chi connectivity index (χ3n) is 5.46. The van der Waals surface area contributed by atoms with Crippen LogP contribution in [0.15, 0.2) is 28.1 Å². The van der Waals surface area contributed by atoms with Gasteiger partial charge >= 0.3 is 0 Å². The first-order valence-electron chi connectivity index (χ1n) is 10.5. The number of hydrogen-bond acceptors (Lipinski definition) is 7. The van der Waals surface area contributed by atoms with Crippen LogP contribution in [0.5, 0.6) is 17.4 Å². The summed E-state index contributed by atoms with van der Waals surface area (Å²) in [5, 5.41) is 16.7. The van der Waals surface area contributed by atoms with E-state index in [9.17, 15) is 14.7 Å². The molecule has 32 heavy (non-hydrogen) atoms. The Morgan fingerprint density at radius 1 is 1.28 bits per heavy atom. The van der Waals surface area contributed by atoms with Gasteiger partial charge in [-0.05, 0) is 36.3 Å². The summed E-state index contributed by atoms with van der Waals surface area (Å²) in [5.74, 6) is 0.656. The van der Waals surface area contributed by atoms with Gasteiger partial charge in [-0.2, -0.15) is 5.10 Å². The van der Waals surface area contributed by atoms with E-state index in [4.69, 9.17) is 21.7 Å². The van der Waals surface area contributed by atoms with Crippen LogP contribution in [0, 0.1) is 4.77 Å². The zero-order valence-electron chi connectivity index (χ0n) is 18.7. The van der Waals surface area contributed by atoms with Crippen molar-refractivity contribution in [2.75, 3.05) is 14.2 Å². The summed E-state index contributed by atoms with van der Waals surface area (Å²) in [6.45, 7) is 4.24. The van der Waals surface area contributed by atoms with Crippen LogP contribution < -0.4 is 15.0 Å². The first kappa shape index (κ1) is 23.5. The average Bonchev–Trinajstić information content (AvgIpc) is 3.22. The second-order valence-electron chi connectivity index (χ2n) is 7.44. The van der Waals surface area contributed by atoms with Gasteiger partial charge in [0, 0.05) is 19.4 Å². The molecular formula is C22H28N4O5S. The molecule has 0 aliphatic carbocycles. The summed E-state index contributed by atoms with van der Waals surface area (Å²) in [4.78, 5) is 28.0. The van der Waals surface area contributed by atoms with Gasteiger partial charge in [0.2, 0.25) is 11.8 Å². The number of ether oxygens (including phenoxy) is 2. The number of H-pyrrole nitrogens is 1. The summed E-state index contributed by atoms with van der Waals surface area (Å²) in [7, 11) is 3.09. The summed E-state index contributed by atoms with van der Waals surface area (Å²) in [6, 6.07) is 4.92. The zero-order valence-corrected chi connectivity index (χ0v) is 19.5. The Kier molecular flexibility index (Phi) is 7.34. The number of benzene rings is 1. The smallest absolute Gasteiger partial charge is 0.264 e. The van der Waals surface area contributed by atoms with Crippen molar-refractivity contribution in [1.29, 1.82) is 0 Å². The highest BCUT2D eigenvalue weighted by Gasteiger charge is 2.35. The summed E-state index contributed by atoms with van der Waals surface area (Å²) in [5.41, 5.74) is 0.603. The van der Waals surface area contributed by atoms with E-state index in [0.717, 1.165) is 18.4 Å². The molecule has 0 spiro atoms. The predicted molar refractivity (Wildman–Crippen MR) is 123 cm³/mol. The van der Waals surface area contributed by atoms with Gasteiger partial charge in [-0.3, -0.25) is 19.1 Å². The lowest BCUT2D eigenvalue weighted by atomic mass is 9.98. The monoisotopic (exact) mass is 460 g/mol. The molecule has 1 aromatic heterocycles. The van der Waals surface area contributed by atoms with Crippen molar-refractivity contribution >= 4 is 23.8 Å². The highest BCUT2D eigenvalue weighted by molar-refractivity contribution is 7.71. The lowest BCUT2D eigenvalue weighted by Gasteiger charge is -2.22. The van der Waals surface area contributed by atoms with E-state index < -0.39 is 11.6 Å². The third kappa shape index (κ3) is 4.40. The molecule has 0 bridgehead atoms. The number of aromatic nitrogens is 2. The van der Waals surface area contributed by atoms with Gasteiger partial charge in [0.25, 0.3) is 5.56 Å². The molecule has 0 fully saturated rings. The number of hydrogen-bond donors (Lipinski definition) is 2. The van der Waals surface area contributed by atoms with Crippen LogP contribution in [0.4, 0.5) is 0 Å². The maximum atomic E-state index is 12.7. The lowest BCUT2D eigenvalue weighted by Crippen LogP contribution is -2.26. The Bertz CT molecular complexity index is 1150. The molecule has 0 saturated carbocycles. The van der Waals surface area contributed by atoms with Crippen molar-refractivity contribution in [2.24, 2.45) is 5.10 Å². The molecule has 2 aromatic rings. The Labute approximate surface area is 191 Å². The summed E-state index contributed by atoms with van der Waals surface area (Å²) >= 11 is 5.23. The number of unbranched alkanes of at least 4 members (excludes halogenated alkanes) is 1. The molecule has 1 aliphatic rings. The van der Waals surface area contributed by atoms with Gasteiger partial charge < -0.3 is 14.6 Å². The SMILES string of the molecule is CCCCn1c(O)c(C2=NN(C(=O)CC)[C@@H](c3ccc(OC)c(OC)c3)C2)c(=O)[nH]c1=S. The van der Waals surface area contributed by atoms with Gasteiger partial charge in [0.1, 0.15) is 5.56 Å². The van der Waals surface area contributed by atoms with Crippen molar-refractivity contribution < 1.29 is 19.4 Å². The fourth-order valence-corrected chi connectivity index (χ4v) is 3.99. The lowest BCUT2D eigenvalue weighted by molar-refractivity contribution is -0.132. The maximum Gasteiger partial charge on any atom is 0.264 e. The van der Waals surface area contributed by atoms with Crippen molar-refractivity contribution in [1.82, 2.24) is 14.6 Å². The molecule has 172 valence electrons. The van der Waals surface area contributed by atoms with Crippen LogP contribution in [0.3, 0.4) is 0 Å². The number of amides is 1. The quantitative estimate of drug-likeness (QED) is 0.584. The minimum Gasteiger partial charge on any atom is -0.494 e. The molecule has 3 rings (SSSR count). The van der Waals surface area contributed by atoms with E-state index in [1.807, 2.05) is 13.0 Å². The number of hydrazone groups is 1. The Balaban J connectivity index is 2.08. The largest absolute Gasteiger partial charge is 0.494 e. The van der Waals surface area contributed by atoms with Crippen LogP contribution in [0.25, 0.3) is 0 Å². The van der Waals surface area contributed by atoms with E-state index >= 15 is 0 Å². The molecule has 1 atom stereocenters. The fraction of sp³-hybridized carbons (Fsp3) is 0.455. The van der Waals surface area contributed by atoms with Crippen molar-refractivity contribution in [2.45, 2.75) is 52.1 Å². The Morgan fingerprint density at radius 2 is 2.00 bits per heavy atom. The number of carbonyl (C=O) groups excluding carboxylic acids is 1. The summed E-state index contributed by atoms with van der Waals surface area (Å²) < 4.78 is 12.3. The number of nitrogens with zero attached hydrogens (tertiary/aromatic N) is 3. The number of carbonyl (C=O) groups is 1. The first-order valence-corrected chi connectivity index (χ1v) is 10.9. The zero-order chi connectivity index (χ0) is 23.4. The maximum absolute atomic E-state index is 12.7. The van der Waals surface area contributed by atoms with Crippen molar-refractivity contribution in [3.63, 3.8) is 0 Å². The Morgan fingerprint density at radius 3 is 2.62 bits per heavy atom. The topological polar surface area (TPSA) is 109 Å². The van der Waals surface area contributed by atoms with E-state index in [-0.39, 0.29) is 35.0 Å². The molecule has 1 amide bonds. The Hall–Kier alpha value is -3.14. The second kappa shape index (κ2) is 9.99. The molecule has 10 heteroatoms. The summed E-state index contributed by atoms with van der Waals surface area (Å²) in [6.07, 6.45) is 2.18. The van der Waals surface area contributed by atoms with Crippen LogP contribution in [-0.2, 0) is 11.3 Å². The molecule has 2 N–H and O–H groups in total. The molecule has 0 saturated heterocycles. The van der Waals surface area contributed by atoms with Crippen LogP contribution in [0.1, 0.15) is 56.7 Å². The normalized spacial score (nSPS) is 15.6. The van der Waals surface area contributed by atoms with E-state index in [0.29, 0.717) is 23.8 Å². The molecule has 2 heterocycles. The highest BCUT2D eigenvalue weighted by atomic mass is 32.1. The number of methoxy groups -OCH3 is 2. The van der Waals surface area contributed by atoms with Gasteiger partial charge in [0.05, 0.1) is 26.0 Å². The molecule has 1 aromatic carbocycles. The molecule has 0 unspecified atom stereocenters. The van der Waals surface area contributed by atoms with E-state index in [1.165, 1.54) is 16.7 Å². The minimum absolute atomic E-state index is 0.0339. The standard InChI is InChI=1S/C22H28N4O5S/c1-5-7-10-25-21(29)19(20(28)23-22(25)32)14-12-15(26(24-14)18(27)6-2)13-8-9-16(30-3)17(11-13)31-4/h8-9,11,15,29H,5-7,10,12H2,1-4H3,(H,23,28,32)/t15-/m1/s1.